The van der Waals surface area contributed by atoms with E-state index in [9.17, 15) is 17.5 Å². The van der Waals surface area contributed by atoms with Crippen molar-refractivity contribution in [1.29, 1.82) is 0 Å². The molecule has 0 radical (unpaired) electrons. The fourth-order valence-electron chi connectivity index (χ4n) is 0.0454. The SMILES string of the molecule is O=S([O-])OS(=O)[O-].[K+].[Na+]. The van der Waals surface area contributed by atoms with Gasteiger partial charge in [0, 0.05) is 0 Å². The third-order valence-electron chi connectivity index (χ3n) is 0.111. The number of hydrogen-bond donors (Lipinski definition) is 0. The van der Waals surface area contributed by atoms with E-state index in [1.807, 2.05) is 0 Å². The third kappa shape index (κ3) is 18.1. The molecular weight excluding hydrogens is 206 g/mol. The van der Waals surface area contributed by atoms with Gasteiger partial charge in [-0.15, -0.1) is 0 Å². The van der Waals surface area contributed by atoms with Gasteiger partial charge >= 0.3 is 80.9 Å². The predicted molar refractivity (Wildman–Crippen MR) is 18.9 cm³/mol. The second-order valence-electron chi connectivity index (χ2n) is 0.476. The Balaban J connectivity index is -0.000000180. The Labute approximate surface area is 122 Å². The molecule has 9 heavy (non-hydrogen) atoms. The normalized spacial score (nSPS) is 14.4. The fourth-order valence-corrected chi connectivity index (χ4v) is 0.408. The van der Waals surface area contributed by atoms with Gasteiger partial charge in [0.15, 0.2) is 0 Å². The van der Waals surface area contributed by atoms with Crippen molar-refractivity contribution >= 4 is 22.7 Å². The minimum Gasteiger partial charge on any atom is -0.749 e. The molecule has 0 aliphatic rings. The Morgan fingerprint density at radius 2 is 1.33 bits per heavy atom. The quantitative estimate of drug-likeness (QED) is 0.331. The summed E-state index contributed by atoms with van der Waals surface area (Å²) in [6.45, 7) is 0. The Morgan fingerprint density at radius 3 is 1.33 bits per heavy atom. The smallest absolute Gasteiger partial charge is 0.749 e. The Morgan fingerprint density at radius 1 is 1.11 bits per heavy atom. The monoisotopic (exact) mass is 206 g/mol. The summed E-state index contributed by atoms with van der Waals surface area (Å²) in [4.78, 5) is 0. The van der Waals surface area contributed by atoms with Crippen LogP contribution < -0.4 is 80.9 Å². The van der Waals surface area contributed by atoms with Gasteiger partial charge in [0.05, 0.1) is 22.7 Å². The summed E-state index contributed by atoms with van der Waals surface area (Å²) in [6.07, 6.45) is 0. The van der Waals surface area contributed by atoms with Gasteiger partial charge in [-0.2, -0.15) is 0 Å². The van der Waals surface area contributed by atoms with Crippen LogP contribution in [0, 0.1) is 0 Å². The molecule has 0 aliphatic heterocycles. The van der Waals surface area contributed by atoms with E-state index < -0.39 is 22.7 Å². The fraction of sp³-hybridized carbons (Fsp3) is 0. The van der Waals surface area contributed by atoms with E-state index in [1.54, 1.807) is 0 Å². The maximum atomic E-state index is 9.19. The van der Waals surface area contributed by atoms with Gasteiger partial charge in [-0.3, -0.25) is 0 Å². The molecule has 9 heteroatoms. The van der Waals surface area contributed by atoms with E-state index in [0.717, 1.165) is 0 Å². The van der Waals surface area contributed by atoms with Crippen LogP contribution in [-0.4, -0.2) is 17.5 Å². The van der Waals surface area contributed by atoms with Crippen molar-refractivity contribution in [3.05, 3.63) is 0 Å². The van der Waals surface area contributed by atoms with Gasteiger partial charge in [0.25, 0.3) is 0 Å². The molecule has 0 aromatic rings. The van der Waals surface area contributed by atoms with Crippen LogP contribution in [-0.2, 0) is 26.4 Å². The summed E-state index contributed by atoms with van der Waals surface area (Å²) in [7, 11) is 0. The van der Waals surface area contributed by atoms with Crippen molar-refractivity contribution in [1.82, 2.24) is 0 Å². The zero-order valence-electron chi connectivity index (χ0n) is 4.86. The Bertz CT molecular complexity index is 91.1. The van der Waals surface area contributed by atoms with Crippen LogP contribution in [0.2, 0.25) is 0 Å². The molecule has 0 rings (SSSR count). The second-order valence-corrected chi connectivity index (χ2v) is 1.84. The summed E-state index contributed by atoms with van der Waals surface area (Å²) in [6, 6.07) is 0. The van der Waals surface area contributed by atoms with Gasteiger partial charge in [0.1, 0.15) is 0 Å². The molecule has 44 valence electrons. The summed E-state index contributed by atoms with van der Waals surface area (Å²) < 4.78 is 39.9. The van der Waals surface area contributed by atoms with Crippen LogP contribution in [0.15, 0.2) is 0 Å². The molecule has 5 nitrogen and oxygen atoms in total. The van der Waals surface area contributed by atoms with Crippen LogP contribution in [0.25, 0.3) is 0 Å². The maximum absolute atomic E-state index is 9.19. The topological polar surface area (TPSA) is 89.5 Å². The molecule has 0 aromatic heterocycles. The van der Waals surface area contributed by atoms with E-state index in [2.05, 4.69) is 3.63 Å². The second kappa shape index (κ2) is 10.8. The van der Waals surface area contributed by atoms with Crippen molar-refractivity contribution in [2.75, 3.05) is 0 Å². The van der Waals surface area contributed by atoms with Gasteiger partial charge in [-0.1, -0.05) is 0 Å². The predicted octanol–water partition coefficient (Wildman–Crippen LogP) is -7.40. The molecule has 0 saturated carbocycles. The molecule has 0 heterocycles. The summed E-state index contributed by atoms with van der Waals surface area (Å²) in [5, 5.41) is 0. The summed E-state index contributed by atoms with van der Waals surface area (Å²) in [5.41, 5.74) is 0. The minimum atomic E-state index is -2.96. The van der Waals surface area contributed by atoms with Crippen molar-refractivity contribution in [2.24, 2.45) is 0 Å². The van der Waals surface area contributed by atoms with E-state index in [0.29, 0.717) is 0 Å². The third-order valence-corrected chi connectivity index (χ3v) is 1.00. The van der Waals surface area contributed by atoms with Crippen LogP contribution in [0.5, 0.6) is 0 Å². The summed E-state index contributed by atoms with van der Waals surface area (Å²) >= 11 is -5.92. The first-order valence-corrected chi connectivity index (χ1v) is 3.00. The van der Waals surface area contributed by atoms with Crippen molar-refractivity contribution in [3.8, 4) is 0 Å². The van der Waals surface area contributed by atoms with E-state index >= 15 is 0 Å². The first-order valence-electron chi connectivity index (χ1n) is 1.00. The van der Waals surface area contributed by atoms with Gasteiger partial charge < -0.3 is 9.11 Å². The molecule has 0 bridgehead atoms. The standard InChI is InChI=1S/K.Na.H2O5S2/c;;1-6(2)5-7(3)4/h;;(H,1,2)(H,3,4)/q2*+1;/p-2. The van der Waals surface area contributed by atoms with Crippen LogP contribution in [0.3, 0.4) is 0 Å². The molecule has 0 saturated heterocycles. The maximum Gasteiger partial charge on any atom is 1.00 e. The minimum absolute atomic E-state index is 0. The molecule has 0 atom stereocenters. The molecule has 0 aromatic carbocycles. The molecule has 0 spiro atoms. The Hall–Kier alpha value is 2.82. The number of hydrogen-bond acceptors (Lipinski definition) is 5. The average molecular weight is 206 g/mol. The van der Waals surface area contributed by atoms with E-state index in [4.69, 9.17) is 0 Å². The van der Waals surface area contributed by atoms with Gasteiger partial charge in [-0.05, 0) is 0 Å². The number of rotatable bonds is 2. The van der Waals surface area contributed by atoms with E-state index in [-0.39, 0.29) is 80.9 Å². The van der Waals surface area contributed by atoms with Crippen LogP contribution >= 0.6 is 0 Å². The van der Waals surface area contributed by atoms with Gasteiger partial charge in [0.2, 0.25) is 0 Å². The average Bonchev–Trinajstić information content (AvgIpc) is 1.27. The van der Waals surface area contributed by atoms with Crippen molar-refractivity contribution in [2.45, 2.75) is 0 Å². The zero-order chi connectivity index (χ0) is 5.86. The Kier molecular flexibility index (Phi) is 21.4. The molecule has 0 N–H and O–H groups in total. The molecule has 0 unspecified atom stereocenters. The zero-order valence-corrected chi connectivity index (χ0v) is 11.6. The van der Waals surface area contributed by atoms with Crippen molar-refractivity contribution in [3.63, 3.8) is 0 Å². The van der Waals surface area contributed by atoms with Crippen molar-refractivity contribution < 1.29 is 102 Å². The molecule has 0 aliphatic carbocycles. The van der Waals surface area contributed by atoms with Gasteiger partial charge in [-0.25, -0.2) is 12.0 Å². The van der Waals surface area contributed by atoms with Crippen LogP contribution in [0.4, 0.5) is 0 Å². The van der Waals surface area contributed by atoms with Crippen LogP contribution in [0.1, 0.15) is 0 Å². The first kappa shape index (κ1) is 17.8. The van der Waals surface area contributed by atoms with E-state index in [1.165, 1.54) is 0 Å². The molecule has 0 amide bonds. The molecular formula is KNaO5S2. The largest absolute Gasteiger partial charge is 1.00 e. The summed E-state index contributed by atoms with van der Waals surface area (Å²) in [5.74, 6) is 0. The first-order chi connectivity index (χ1) is 3.13. The molecule has 0 fully saturated rings.